The first-order valence-corrected chi connectivity index (χ1v) is 8.32. The van der Waals surface area contributed by atoms with Gasteiger partial charge in [0.2, 0.25) is 0 Å². The van der Waals surface area contributed by atoms with E-state index in [1.165, 1.54) is 12.1 Å². The maximum atomic E-state index is 12.0. The lowest BCUT2D eigenvalue weighted by Gasteiger charge is -2.21. The molecule has 3 amide bonds. The number of nitrogen functional groups attached to an aromatic ring is 1. The van der Waals surface area contributed by atoms with Gasteiger partial charge in [-0.25, -0.2) is 0 Å². The molecule has 2 rings (SSSR count). The number of nitrogens with one attached hydrogen (secondary N) is 2. The van der Waals surface area contributed by atoms with Gasteiger partial charge in [0.1, 0.15) is 0 Å². The number of nitrogens with two attached hydrogens (primary N) is 1. The van der Waals surface area contributed by atoms with Crippen LogP contribution in [0.1, 0.15) is 24.2 Å². The topological polar surface area (TPSA) is 105 Å². The number of carbonyl (C=O) groups is 3. The van der Waals surface area contributed by atoms with Crippen molar-refractivity contribution in [3.8, 4) is 0 Å². The third-order valence-corrected chi connectivity index (χ3v) is 3.89. The van der Waals surface area contributed by atoms with Crippen LogP contribution >= 0.6 is 0 Å². The number of carbonyl (C=O) groups excluding carboxylic acids is 3. The molecule has 0 unspecified atom stereocenters. The zero-order valence-electron chi connectivity index (χ0n) is 14.8. The third kappa shape index (κ3) is 4.60. The largest absolute Gasteiger partial charge is 0.398 e. The standard InChI is InChI=1S/C19H22N4O3/c1-3-23(4-2)14-11-9-13(10-12-14)21-18(25)19(26)22-17(24)15-7-5-6-8-16(15)20/h5-12H,3-4,20H2,1-2H3,(H,21,25)(H,22,24,26). The highest BCUT2D eigenvalue weighted by Crippen LogP contribution is 2.17. The molecule has 0 aromatic heterocycles. The van der Waals surface area contributed by atoms with Gasteiger partial charge in [0.25, 0.3) is 5.91 Å². The van der Waals surface area contributed by atoms with Crippen molar-refractivity contribution in [3.05, 3.63) is 54.1 Å². The van der Waals surface area contributed by atoms with Crippen LogP contribution in [-0.2, 0) is 9.59 Å². The van der Waals surface area contributed by atoms with Gasteiger partial charge in [-0.3, -0.25) is 19.7 Å². The van der Waals surface area contributed by atoms with E-state index in [9.17, 15) is 14.4 Å². The van der Waals surface area contributed by atoms with E-state index in [-0.39, 0.29) is 11.3 Å². The number of amides is 3. The molecular formula is C19H22N4O3. The normalized spacial score (nSPS) is 10.1. The second kappa shape index (κ2) is 8.66. The summed E-state index contributed by atoms with van der Waals surface area (Å²) in [5.74, 6) is -2.70. The molecule has 0 aliphatic heterocycles. The van der Waals surface area contributed by atoms with Crippen LogP contribution in [-0.4, -0.2) is 30.8 Å². The molecule has 7 heteroatoms. The number of anilines is 3. The summed E-state index contributed by atoms with van der Waals surface area (Å²) in [5, 5.41) is 4.49. The van der Waals surface area contributed by atoms with Crippen molar-refractivity contribution in [2.75, 3.05) is 29.0 Å². The average molecular weight is 354 g/mol. The fourth-order valence-electron chi connectivity index (χ4n) is 2.46. The lowest BCUT2D eigenvalue weighted by atomic mass is 10.1. The van der Waals surface area contributed by atoms with Crippen molar-refractivity contribution in [3.63, 3.8) is 0 Å². The zero-order valence-corrected chi connectivity index (χ0v) is 14.8. The molecular weight excluding hydrogens is 332 g/mol. The molecule has 7 nitrogen and oxygen atoms in total. The van der Waals surface area contributed by atoms with Crippen LogP contribution in [0, 0.1) is 0 Å². The Hall–Kier alpha value is -3.35. The molecule has 26 heavy (non-hydrogen) atoms. The van der Waals surface area contributed by atoms with E-state index < -0.39 is 17.7 Å². The minimum absolute atomic E-state index is 0.136. The molecule has 0 saturated carbocycles. The van der Waals surface area contributed by atoms with Crippen LogP contribution in [0.5, 0.6) is 0 Å². The minimum atomic E-state index is -1.05. The Labute approximate surface area is 152 Å². The number of hydrogen-bond acceptors (Lipinski definition) is 5. The van der Waals surface area contributed by atoms with Crippen LogP contribution in [0.3, 0.4) is 0 Å². The lowest BCUT2D eigenvalue weighted by Crippen LogP contribution is -2.39. The highest BCUT2D eigenvalue weighted by molar-refractivity contribution is 6.42. The molecule has 0 bridgehead atoms. The second-order valence-corrected chi connectivity index (χ2v) is 5.54. The monoisotopic (exact) mass is 354 g/mol. The maximum Gasteiger partial charge on any atom is 0.316 e. The molecule has 2 aromatic carbocycles. The minimum Gasteiger partial charge on any atom is -0.398 e. The summed E-state index contributed by atoms with van der Waals surface area (Å²) in [6.07, 6.45) is 0. The summed E-state index contributed by atoms with van der Waals surface area (Å²) in [4.78, 5) is 38.1. The Balaban J connectivity index is 1.98. The van der Waals surface area contributed by atoms with Crippen molar-refractivity contribution < 1.29 is 14.4 Å². The molecule has 0 saturated heterocycles. The van der Waals surface area contributed by atoms with E-state index in [0.717, 1.165) is 18.8 Å². The summed E-state index contributed by atoms with van der Waals surface area (Å²) in [6.45, 7) is 5.85. The Kier molecular flexibility index (Phi) is 6.32. The SMILES string of the molecule is CCN(CC)c1ccc(NC(=O)C(=O)NC(=O)c2ccccc2N)cc1. The molecule has 4 N–H and O–H groups in total. The number of rotatable bonds is 5. The molecule has 0 aliphatic carbocycles. The van der Waals surface area contributed by atoms with E-state index >= 15 is 0 Å². The van der Waals surface area contributed by atoms with Crippen LogP contribution in [0.15, 0.2) is 48.5 Å². The first-order chi connectivity index (χ1) is 12.5. The molecule has 136 valence electrons. The van der Waals surface area contributed by atoms with Gasteiger partial charge >= 0.3 is 11.8 Å². The van der Waals surface area contributed by atoms with Gasteiger partial charge in [0.15, 0.2) is 0 Å². The van der Waals surface area contributed by atoms with Crippen molar-refractivity contribution in [2.45, 2.75) is 13.8 Å². The predicted molar refractivity (Wildman–Crippen MR) is 102 cm³/mol. The van der Waals surface area contributed by atoms with E-state index in [1.54, 1.807) is 24.3 Å². The van der Waals surface area contributed by atoms with Gasteiger partial charge in [-0.05, 0) is 50.2 Å². The number of hydrogen-bond donors (Lipinski definition) is 3. The van der Waals surface area contributed by atoms with Crippen molar-refractivity contribution in [1.82, 2.24) is 5.32 Å². The summed E-state index contributed by atoms with van der Waals surface area (Å²) < 4.78 is 0. The van der Waals surface area contributed by atoms with Gasteiger partial charge in [0, 0.05) is 30.2 Å². The smallest absolute Gasteiger partial charge is 0.316 e. The molecule has 0 heterocycles. The molecule has 0 radical (unpaired) electrons. The van der Waals surface area contributed by atoms with Gasteiger partial charge < -0.3 is 16.0 Å². The highest BCUT2D eigenvalue weighted by atomic mass is 16.2. The Morgan fingerprint density at radius 1 is 0.923 bits per heavy atom. The average Bonchev–Trinajstić information content (AvgIpc) is 2.64. The van der Waals surface area contributed by atoms with Crippen molar-refractivity contribution >= 4 is 34.8 Å². The number of para-hydroxylation sites is 1. The summed E-state index contributed by atoms with van der Waals surface area (Å²) in [7, 11) is 0. The first-order valence-electron chi connectivity index (χ1n) is 8.32. The molecule has 0 spiro atoms. The van der Waals surface area contributed by atoms with Gasteiger partial charge in [-0.2, -0.15) is 0 Å². The number of imide groups is 1. The second-order valence-electron chi connectivity index (χ2n) is 5.54. The zero-order chi connectivity index (χ0) is 19.1. The lowest BCUT2D eigenvalue weighted by molar-refractivity contribution is -0.135. The quantitative estimate of drug-likeness (QED) is 0.563. The fraction of sp³-hybridized carbons (Fsp3) is 0.211. The highest BCUT2D eigenvalue weighted by Gasteiger charge is 2.19. The first kappa shape index (κ1) is 19.0. The maximum absolute atomic E-state index is 12.0. The van der Waals surface area contributed by atoms with Crippen LogP contribution in [0.2, 0.25) is 0 Å². The molecule has 0 atom stereocenters. The Morgan fingerprint density at radius 3 is 2.12 bits per heavy atom. The Bertz CT molecular complexity index is 799. The van der Waals surface area contributed by atoms with Crippen molar-refractivity contribution in [2.24, 2.45) is 0 Å². The van der Waals surface area contributed by atoms with Gasteiger partial charge in [-0.1, -0.05) is 12.1 Å². The summed E-state index contributed by atoms with van der Waals surface area (Å²) in [5.41, 5.74) is 7.53. The van der Waals surface area contributed by atoms with Crippen LogP contribution in [0.25, 0.3) is 0 Å². The number of nitrogens with zero attached hydrogens (tertiary/aromatic N) is 1. The summed E-state index contributed by atoms with van der Waals surface area (Å²) >= 11 is 0. The van der Waals surface area contributed by atoms with E-state index in [4.69, 9.17) is 5.73 Å². The van der Waals surface area contributed by atoms with E-state index in [0.29, 0.717) is 5.69 Å². The van der Waals surface area contributed by atoms with Crippen LogP contribution in [0.4, 0.5) is 17.1 Å². The van der Waals surface area contributed by atoms with Gasteiger partial charge in [0.05, 0.1) is 5.56 Å². The summed E-state index contributed by atoms with van der Waals surface area (Å²) in [6, 6.07) is 13.4. The van der Waals surface area contributed by atoms with Gasteiger partial charge in [-0.15, -0.1) is 0 Å². The number of benzene rings is 2. The predicted octanol–water partition coefficient (Wildman–Crippen LogP) is 2.01. The molecule has 0 aliphatic rings. The van der Waals surface area contributed by atoms with Crippen LogP contribution < -0.4 is 21.3 Å². The molecule has 2 aromatic rings. The fourth-order valence-corrected chi connectivity index (χ4v) is 2.46. The Morgan fingerprint density at radius 2 is 1.54 bits per heavy atom. The third-order valence-electron chi connectivity index (χ3n) is 3.89. The van der Waals surface area contributed by atoms with E-state index in [1.807, 2.05) is 17.4 Å². The van der Waals surface area contributed by atoms with E-state index in [2.05, 4.69) is 24.1 Å². The molecule has 0 fully saturated rings. The van der Waals surface area contributed by atoms with Crippen molar-refractivity contribution in [1.29, 1.82) is 0 Å².